The van der Waals surface area contributed by atoms with Gasteiger partial charge in [0.15, 0.2) is 6.61 Å². The smallest absolute Gasteiger partial charge is 0.260 e. The molecule has 7 heteroatoms. The molecule has 0 aliphatic heterocycles. The van der Waals surface area contributed by atoms with Crippen LogP contribution in [0.3, 0.4) is 0 Å². The van der Waals surface area contributed by atoms with E-state index >= 15 is 0 Å². The van der Waals surface area contributed by atoms with E-state index in [1.165, 1.54) is 0 Å². The summed E-state index contributed by atoms with van der Waals surface area (Å²) >= 11 is 0. The number of hydrogen-bond donors (Lipinski definition) is 2. The minimum absolute atomic E-state index is 0. The normalized spacial score (nSPS) is 11.1. The average molecular weight is 406 g/mol. The van der Waals surface area contributed by atoms with E-state index in [1.54, 1.807) is 29.2 Å². The van der Waals surface area contributed by atoms with Crippen LogP contribution in [0.2, 0.25) is 0 Å². The fourth-order valence-electron chi connectivity index (χ4n) is 2.67. The minimum atomic E-state index is -0.652. The highest BCUT2D eigenvalue weighted by atomic mass is 35.5. The molecule has 0 spiro atoms. The summed E-state index contributed by atoms with van der Waals surface area (Å²) in [6.07, 6.45) is 0.460. The number of hydrogen-bond acceptors (Lipinski definition) is 4. The number of nitrogens with zero attached hydrogens (tertiary/aromatic N) is 1. The van der Waals surface area contributed by atoms with Crippen molar-refractivity contribution in [1.29, 1.82) is 0 Å². The molecule has 0 unspecified atom stereocenters. The van der Waals surface area contributed by atoms with Crippen molar-refractivity contribution < 1.29 is 14.3 Å². The van der Waals surface area contributed by atoms with Crippen LogP contribution in [0.15, 0.2) is 54.6 Å². The zero-order chi connectivity index (χ0) is 19.6. The van der Waals surface area contributed by atoms with Crippen LogP contribution < -0.4 is 15.8 Å². The lowest BCUT2D eigenvalue weighted by molar-refractivity contribution is -0.133. The van der Waals surface area contributed by atoms with E-state index in [-0.39, 0.29) is 30.8 Å². The van der Waals surface area contributed by atoms with Gasteiger partial charge in [0.05, 0.1) is 6.04 Å². The number of carbonyl (C=O) groups excluding carboxylic acids is 2. The molecule has 0 fully saturated rings. The molecule has 0 heterocycles. The number of benzene rings is 2. The number of rotatable bonds is 9. The van der Waals surface area contributed by atoms with Gasteiger partial charge < -0.3 is 20.7 Å². The van der Waals surface area contributed by atoms with Gasteiger partial charge in [-0.2, -0.15) is 0 Å². The Morgan fingerprint density at radius 2 is 1.75 bits per heavy atom. The van der Waals surface area contributed by atoms with Crippen molar-refractivity contribution in [2.24, 2.45) is 5.73 Å². The molecule has 2 amide bonds. The van der Waals surface area contributed by atoms with Crippen LogP contribution in [0.5, 0.6) is 5.75 Å². The lowest BCUT2D eigenvalue weighted by atomic mass is 10.1. The lowest BCUT2D eigenvalue weighted by Crippen LogP contribution is -2.37. The van der Waals surface area contributed by atoms with Gasteiger partial charge in [0.25, 0.3) is 5.91 Å². The van der Waals surface area contributed by atoms with Crippen molar-refractivity contribution in [2.75, 3.05) is 25.0 Å². The van der Waals surface area contributed by atoms with Crippen LogP contribution in [0, 0.1) is 0 Å². The summed E-state index contributed by atoms with van der Waals surface area (Å²) in [5.74, 6) is 0.180. The summed E-state index contributed by atoms with van der Waals surface area (Å²) in [6.45, 7) is 5.11. The monoisotopic (exact) mass is 405 g/mol. The van der Waals surface area contributed by atoms with Gasteiger partial charge in [-0.3, -0.25) is 9.59 Å². The Labute approximate surface area is 172 Å². The topological polar surface area (TPSA) is 84.7 Å². The highest BCUT2D eigenvalue weighted by Crippen LogP contribution is 2.18. The second-order valence-electron chi connectivity index (χ2n) is 6.17. The van der Waals surface area contributed by atoms with Crippen molar-refractivity contribution in [3.63, 3.8) is 0 Å². The Morgan fingerprint density at radius 1 is 1.07 bits per heavy atom. The molecule has 0 saturated heterocycles. The second-order valence-corrected chi connectivity index (χ2v) is 6.17. The average Bonchev–Trinajstić information content (AvgIpc) is 2.68. The van der Waals surface area contributed by atoms with Crippen LogP contribution in [-0.2, 0) is 16.0 Å². The molecule has 0 aliphatic rings. The summed E-state index contributed by atoms with van der Waals surface area (Å²) in [5.41, 5.74) is 7.59. The number of carbonyl (C=O) groups is 2. The first kappa shape index (κ1) is 23.5. The highest BCUT2D eigenvalue weighted by molar-refractivity contribution is 5.95. The molecule has 28 heavy (non-hydrogen) atoms. The molecule has 3 N–H and O–H groups in total. The Kier molecular flexibility index (Phi) is 10.1. The van der Waals surface area contributed by atoms with Gasteiger partial charge in [-0.15, -0.1) is 12.4 Å². The van der Waals surface area contributed by atoms with E-state index in [0.717, 1.165) is 5.56 Å². The highest BCUT2D eigenvalue weighted by Gasteiger charge is 2.15. The van der Waals surface area contributed by atoms with Crippen molar-refractivity contribution in [2.45, 2.75) is 26.3 Å². The van der Waals surface area contributed by atoms with Gasteiger partial charge >= 0.3 is 0 Å². The van der Waals surface area contributed by atoms with Crippen molar-refractivity contribution >= 4 is 29.9 Å². The van der Waals surface area contributed by atoms with Gasteiger partial charge in [0, 0.05) is 24.8 Å². The molecule has 0 radical (unpaired) electrons. The number of nitrogens with two attached hydrogens (primary N) is 1. The SMILES string of the molecule is CCN(CC)C(=O)COc1cccc(NC(=O)[C@@H](N)Cc2ccccc2)c1.Cl. The van der Waals surface area contributed by atoms with Crippen molar-refractivity contribution in [3.05, 3.63) is 60.2 Å². The molecule has 2 aromatic rings. The molecule has 1 atom stereocenters. The molecule has 2 rings (SSSR count). The fourth-order valence-corrected chi connectivity index (χ4v) is 2.67. The molecular formula is C21H28ClN3O3. The number of likely N-dealkylation sites (N-methyl/N-ethyl adjacent to an activating group) is 1. The lowest BCUT2D eigenvalue weighted by Gasteiger charge is -2.19. The third-order valence-electron chi connectivity index (χ3n) is 4.22. The van der Waals surface area contributed by atoms with E-state index in [2.05, 4.69) is 5.32 Å². The Bertz CT molecular complexity index is 752. The maximum Gasteiger partial charge on any atom is 0.260 e. The van der Waals surface area contributed by atoms with E-state index in [4.69, 9.17) is 10.5 Å². The maximum atomic E-state index is 12.3. The van der Waals surface area contributed by atoms with Gasteiger partial charge in [0.2, 0.25) is 5.91 Å². The molecule has 0 aliphatic carbocycles. The maximum absolute atomic E-state index is 12.3. The van der Waals surface area contributed by atoms with E-state index < -0.39 is 6.04 Å². The molecule has 2 aromatic carbocycles. The largest absolute Gasteiger partial charge is 0.484 e. The van der Waals surface area contributed by atoms with Gasteiger partial charge in [-0.1, -0.05) is 36.4 Å². The van der Waals surface area contributed by atoms with Crippen LogP contribution in [-0.4, -0.2) is 42.5 Å². The number of halogens is 1. The first-order valence-electron chi connectivity index (χ1n) is 9.14. The number of nitrogens with one attached hydrogen (secondary N) is 1. The zero-order valence-electron chi connectivity index (χ0n) is 16.3. The summed E-state index contributed by atoms with van der Waals surface area (Å²) in [4.78, 5) is 26.0. The van der Waals surface area contributed by atoms with E-state index in [9.17, 15) is 9.59 Å². The van der Waals surface area contributed by atoms with Crippen LogP contribution in [0.1, 0.15) is 19.4 Å². The van der Waals surface area contributed by atoms with Gasteiger partial charge in [0.1, 0.15) is 5.75 Å². The third kappa shape index (κ3) is 7.21. The predicted molar refractivity (Wildman–Crippen MR) is 114 cm³/mol. The molecule has 0 bridgehead atoms. The van der Waals surface area contributed by atoms with Crippen molar-refractivity contribution in [1.82, 2.24) is 4.90 Å². The van der Waals surface area contributed by atoms with Crippen LogP contribution in [0.25, 0.3) is 0 Å². The van der Waals surface area contributed by atoms with Crippen molar-refractivity contribution in [3.8, 4) is 5.75 Å². The Balaban J connectivity index is 0.00000392. The summed E-state index contributed by atoms with van der Waals surface area (Å²) in [6, 6.07) is 15.9. The van der Waals surface area contributed by atoms with Crippen LogP contribution >= 0.6 is 12.4 Å². The number of ether oxygens (including phenoxy) is 1. The molecule has 0 aromatic heterocycles. The molecule has 6 nitrogen and oxygen atoms in total. The fraction of sp³-hybridized carbons (Fsp3) is 0.333. The second kappa shape index (κ2) is 12.0. The van der Waals surface area contributed by atoms with E-state index in [1.807, 2.05) is 44.2 Å². The number of amides is 2. The first-order valence-corrected chi connectivity index (χ1v) is 9.14. The zero-order valence-corrected chi connectivity index (χ0v) is 17.1. The van der Waals surface area contributed by atoms with E-state index in [0.29, 0.717) is 30.9 Å². The van der Waals surface area contributed by atoms with Gasteiger partial charge in [-0.05, 0) is 38.0 Å². The predicted octanol–water partition coefficient (Wildman–Crippen LogP) is 2.86. The minimum Gasteiger partial charge on any atom is -0.484 e. The Morgan fingerprint density at radius 3 is 2.39 bits per heavy atom. The van der Waals surface area contributed by atoms with Gasteiger partial charge in [-0.25, -0.2) is 0 Å². The Hall–Kier alpha value is -2.57. The first-order chi connectivity index (χ1) is 13.0. The summed E-state index contributed by atoms with van der Waals surface area (Å²) in [5, 5.41) is 2.80. The molecular weight excluding hydrogens is 378 g/mol. The van der Waals surface area contributed by atoms with Crippen LogP contribution in [0.4, 0.5) is 5.69 Å². The molecule has 152 valence electrons. The standard InChI is InChI=1S/C21H27N3O3.ClH/c1-3-24(4-2)20(25)15-27-18-12-8-11-17(14-18)23-21(26)19(22)13-16-9-6-5-7-10-16;/h5-12,14,19H,3-4,13,15,22H2,1-2H3,(H,23,26);1H/t19-;/m0./s1. The summed E-state index contributed by atoms with van der Waals surface area (Å²) in [7, 11) is 0. The third-order valence-corrected chi connectivity index (χ3v) is 4.22. The quantitative estimate of drug-likeness (QED) is 0.671. The number of anilines is 1. The summed E-state index contributed by atoms with van der Waals surface area (Å²) < 4.78 is 5.56. The molecule has 0 saturated carbocycles.